The van der Waals surface area contributed by atoms with E-state index in [1.54, 1.807) is 0 Å². The second-order valence-electron chi connectivity index (χ2n) is 7.18. The van der Waals surface area contributed by atoms with Crippen molar-refractivity contribution in [2.75, 3.05) is 39.3 Å². The molecule has 24 heavy (non-hydrogen) atoms. The van der Waals surface area contributed by atoms with Gasteiger partial charge in [0.05, 0.1) is 12.6 Å². The summed E-state index contributed by atoms with van der Waals surface area (Å²) in [4.78, 5) is 24.1. The van der Waals surface area contributed by atoms with Crippen LogP contribution in [-0.2, 0) is 18.4 Å². The van der Waals surface area contributed by atoms with Gasteiger partial charge < -0.3 is 9.47 Å². The monoisotopic (exact) mass is 333 g/mol. The maximum absolute atomic E-state index is 12.8. The first-order valence-electron chi connectivity index (χ1n) is 9.36. The Morgan fingerprint density at radius 2 is 1.75 bits per heavy atom. The summed E-state index contributed by atoms with van der Waals surface area (Å²) in [5, 5.41) is 0. The minimum absolute atomic E-state index is 0.0124. The number of rotatable bonds is 4. The number of nitrogens with zero attached hydrogens (tertiary/aromatic N) is 5. The molecule has 3 rings (SSSR count). The number of piperazine rings is 1. The van der Waals surface area contributed by atoms with Crippen LogP contribution in [0.15, 0.2) is 12.4 Å². The molecule has 134 valence electrons. The quantitative estimate of drug-likeness (QED) is 0.834. The number of hydrogen-bond acceptors (Lipinski definition) is 4. The van der Waals surface area contributed by atoms with Crippen LogP contribution in [0.3, 0.4) is 0 Å². The summed E-state index contributed by atoms with van der Waals surface area (Å²) in [5.41, 5.74) is 0. The first-order chi connectivity index (χ1) is 11.6. The van der Waals surface area contributed by atoms with Crippen molar-refractivity contribution >= 4 is 5.91 Å². The Kier molecular flexibility index (Phi) is 5.89. The third-order valence-corrected chi connectivity index (χ3v) is 5.52. The molecular formula is C18H31N5O. The third-order valence-electron chi connectivity index (χ3n) is 5.52. The van der Waals surface area contributed by atoms with E-state index in [1.165, 1.54) is 12.8 Å². The van der Waals surface area contributed by atoms with E-state index in [1.807, 2.05) is 19.4 Å². The standard InChI is InChI=1S/C18H31N5O/c1-16(18(24)23-8-5-3-4-6-9-23)22-13-11-21(12-14-22)15-17-19-7-10-20(17)2/h7,10,16H,3-6,8-9,11-15H2,1-2H3/t16-/m0/s1. The van der Waals surface area contributed by atoms with E-state index in [0.717, 1.165) is 64.5 Å². The number of aromatic nitrogens is 2. The Hall–Kier alpha value is -1.40. The molecular weight excluding hydrogens is 302 g/mol. The minimum atomic E-state index is 0.0124. The van der Waals surface area contributed by atoms with E-state index in [0.29, 0.717) is 5.91 Å². The van der Waals surface area contributed by atoms with Gasteiger partial charge in [-0.2, -0.15) is 0 Å². The summed E-state index contributed by atoms with van der Waals surface area (Å²) in [6.45, 7) is 8.81. The fourth-order valence-corrected chi connectivity index (χ4v) is 3.77. The van der Waals surface area contributed by atoms with Gasteiger partial charge in [-0.15, -0.1) is 0 Å². The van der Waals surface area contributed by atoms with Crippen molar-refractivity contribution in [1.82, 2.24) is 24.3 Å². The minimum Gasteiger partial charge on any atom is -0.341 e. The average Bonchev–Trinajstić information content (AvgIpc) is 2.85. The number of aryl methyl sites for hydroxylation is 1. The molecule has 2 fully saturated rings. The Bertz CT molecular complexity index is 527. The van der Waals surface area contributed by atoms with Gasteiger partial charge in [-0.05, 0) is 19.8 Å². The Labute approximate surface area is 145 Å². The Balaban J connectivity index is 1.48. The summed E-state index contributed by atoms with van der Waals surface area (Å²) < 4.78 is 2.08. The van der Waals surface area contributed by atoms with Gasteiger partial charge in [-0.25, -0.2) is 4.98 Å². The number of carbonyl (C=O) groups is 1. The first-order valence-corrected chi connectivity index (χ1v) is 9.36. The molecule has 6 heteroatoms. The van der Waals surface area contributed by atoms with Gasteiger partial charge in [0.25, 0.3) is 0 Å². The van der Waals surface area contributed by atoms with Crippen molar-refractivity contribution in [2.45, 2.75) is 45.2 Å². The van der Waals surface area contributed by atoms with Crippen molar-refractivity contribution in [3.05, 3.63) is 18.2 Å². The maximum Gasteiger partial charge on any atom is 0.239 e. The topological polar surface area (TPSA) is 44.6 Å². The molecule has 0 aromatic carbocycles. The van der Waals surface area contributed by atoms with Gasteiger partial charge in [0.15, 0.2) is 0 Å². The molecule has 0 aliphatic carbocycles. The molecule has 0 N–H and O–H groups in total. The molecule has 0 radical (unpaired) electrons. The SMILES string of the molecule is C[C@@H](C(=O)N1CCCCCC1)N1CCN(Cc2nccn2C)CC1. The lowest BCUT2D eigenvalue weighted by Gasteiger charge is -2.38. The molecule has 1 amide bonds. The number of imidazole rings is 1. The Morgan fingerprint density at radius 1 is 1.08 bits per heavy atom. The van der Waals surface area contributed by atoms with Crippen LogP contribution in [0.1, 0.15) is 38.4 Å². The van der Waals surface area contributed by atoms with Crippen LogP contribution in [0.4, 0.5) is 0 Å². The molecule has 3 heterocycles. The highest BCUT2D eigenvalue weighted by Gasteiger charge is 2.29. The van der Waals surface area contributed by atoms with Crippen LogP contribution in [0.5, 0.6) is 0 Å². The highest BCUT2D eigenvalue weighted by molar-refractivity contribution is 5.81. The van der Waals surface area contributed by atoms with E-state index in [2.05, 4.69) is 31.2 Å². The molecule has 1 atom stereocenters. The van der Waals surface area contributed by atoms with Crippen molar-refractivity contribution < 1.29 is 4.79 Å². The lowest BCUT2D eigenvalue weighted by atomic mass is 10.2. The van der Waals surface area contributed by atoms with Crippen LogP contribution in [0.25, 0.3) is 0 Å². The molecule has 2 saturated heterocycles. The zero-order chi connectivity index (χ0) is 16.9. The zero-order valence-electron chi connectivity index (χ0n) is 15.2. The second-order valence-corrected chi connectivity index (χ2v) is 7.18. The largest absolute Gasteiger partial charge is 0.341 e. The molecule has 1 aromatic heterocycles. The van der Waals surface area contributed by atoms with Gasteiger partial charge in [0, 0.05) is 58.7 Å². The van der Waals surface area contributed by atoms with Crippen LogP contribution in [0, 0.1) is 0 Å². The van der Waals surface area contributed by atoms with Crippen molar-refractivity contribution in [3.63, 3.8) is 0 Å². The van der Waals surface area contributed by atoms with Gasteiger partial charge >= 0.3 is 0 Å². The van der Waals surface area contributed by atoms with Crippen molar-refractivity contribution in [3.8, 4) is 0 Å². The fourth-order valence-electron chi connectivity index (χ4n) is 3.77. The predicted molar refractivity (Wildman–Crippen MR) is 94.6 cm³/mol. The van der Waals surface area contributed by atoms with Gasteiger partial charge in [0.1, 0.15) is 5.82 Å². The van der Waals surface area contributed by atoms with Gasteiger partial charge in [-0.3, -0.25) is 14.6 Å². The van der Waals surface area contributed by atoms with Crippen LogP contribution >= 0.6 is 0 Å². The highest BCUT2D eigenvalue weighted by Crippen LogP contribution is 2.15. The zero-order valence-corrected chi connectivity index (χ0v) is 15.2. The molecule has 6 nitrogen and oxygen atoms in total. The summed E-state index contributed by atoms with van der Waals surface area (Å²) in [7, 11) is 2.04. The van der Waals surface area contributed by atoms with E-state index in [4.69, 9.17) is 0 Å². The summed E-state index contributed by atoms with van der Waals surface area (Å²) in [6, 6.07) is 0.0124. The number of likely N-dealkylation sites (tertiary alicyclic amines) is 1. The fraction of sp³-hybridized carbons (Fsp3) is 0.778. The predicted octanol–water partition coefficient (Wildman–Crippen LogP) is 1.33. The van der Waals surface area contributed by atoms with Crippen molar-refractivity contribution in [2.24, 2.45) is 7.05 Å². The smallest absolute Gasteiger partial charge is 0.239 e. The lowest BCUT2D eigenvalue weighted by Crippen LogP contribution is -2.54. The number of hydrogen-bond donors (Lipinski definition) is 0. The molecule has 0 saturated carbocycles. The van der Waals surface area contributed by atoms with Gasteiger partial charge in [-0.1, -0.05) is 12.8 Å². The summed E-state index contributed by atoms with van der Waals surface area (Å²) in [5.74, 6) is 1.44. The van der Waals surface area contributed by atoms with Crippen LogP contribution in [0.2, 0.25) is 0 Å². The van der Waals surface area contributed by atoms with Gasteiger partial charge in [0.2, 0.25) is 5.91 Å². The molecule has 0 unspecified atom stereocenters. The third kappa shape index (κ3) is 4.16. The van der Waals surface area contributed by atoms with Crippen LogP contribution in [-0.4, -0.2) is 75.5 Å². The first kappa shape index (κ1) is 17.4. The van der Waals surface area contributed by atoms with E-state index < -0.39 is 0 Å². The molecule has 2 aliphatic heterocycles. The number of carbonyl (C=O) groups excluding carboxylic acids is 1. The van der Waals surface area contributed by atoms with E-state index in [-0.39, 0.29) is 6.04 Å². The summed E-state index contributed by atoms with van der Waals surface area (Å²) in [6.07, 6.45) is 8.71. The normalized spacial score (nSPS) is 22.3. The second kappa shape index (κ2) is 8.12. The summed E-state index contributed by atoms with van der Waals surface area (Å²) >= 11 is 0. The van der Waals surface area contributed by atoms with Crippen molar-refractivity contribution in [1.29, 1.82) is 0 Å². The molecule has 0 spiro atoms. The lowest BCUT2D eigenvalue weighted by molar-refractivity contribution is -0.137. The maximum atomic E-state index is 12.8. The molecule has 1 aromatic rings. The molecule has 2 aliphatic rings. The van der Waals surface area contributed by atoms with E-state index in [9.17, 15) is 4.79 Å². The van der Waals surface area contributed by atoms with Crippen LogP contribution < -0.4 is 0 Å². The van der Waals surface area contributed by atoms with E-state index >= 15 is 0 Å². The molecule has 0 bridgehead atoms. The highest BCUT2D eigenvalue weighted by atomic mass is 16.2. The Morgan fingerprint density at radius 3 is 2.33 bits per heavy atom. The average molecular weight is 333 g/mol. The number of amides is 1.